The molecule has 0 saturated carbocycles. The van der Waals surface area contributed by atoms with Gasteiger partial charge in [-0.1, -0.05) is 6.58 Å². The Labute approximate surface area is 150 Å². The number of hydrogen-bond donors (Lipinski definition) is 4. The van der Waals surface area contributed by atoms with Gasteiger partial charge in [0.05, 0.1) is 24.9 Å². The average molecular weight is 369 g/mol. The Morgan fingerprint density at radius 2 is 2.04 bits per heavy atom. The Morgan fingerprint density at radius 1 is 1.38 bits per heavy atom. The highest BCUT2D eigenvalue weighted by Gasteiger charge is 2.56. The molecule has 0 spiro atoms. The number of rotatable bonds is 7. The van der Waals surface area contributed by atoms with E-state index in [-0.39, 0.29) is 19.1 Å². The predicted molar refractivity (Wildman–Crippen MR) is 88.6 cm³/mol. The topological polar surface area (TPSA) is 154 Å². The number of imide groups is 1. The number of carboxylic acid groups (broad SMARTS) is 1. The first kappa shape index (κ1) is 19.3. The monoisotopic (exact) mass is 369 g/mol. The molecule has 2 heterocycles. The van der Waals surface area contributed by atoms with Crippen LogP contribution in [0.2, 0.25) is 0 Å². The van der Waals surface area contributed by atoms with Crippen molar-refractivity contribution in [2.45, 2.75) is 24.9 Å². The third kappa shape index (κ3) is 3.98. The second kappa shape index (κ2) is 7.93. The van der Waals surface area contributed by atoms with Crippen molar-refractivity contribution in [2.75, 3.05) is 26.7 Å². The van der Waals surface area contributed by atoms with Gasteiger partial charge in [0.2, 0.25) is 5.91 Å². The highest BCUT2D eigenvalue weighted by molar-refractivity contribution is 6.07. The van der Waals surface area contributed by atoms with Crippen molar-refractivity contribution in [3.63, 3.8) is 0 Å². The van der Waals surface area contributed by atoms with Gasteiger partial charge in [-0.3, -0.25) is 4.79 Å². The summed E-state index contributed by atoms with van der Waals surface area (Å²) >= 11 is 0. The molecule has 2 rings (SSSR count). The number of methoxy groups -OCH3 is 1. The van der Waals surface area contributed by atoms with Crippen molar-refractivity contribution < 1.29 is 29.0 Å². The fourth-order valence-electron chi connectivity index (χ4n) is 3.00. The molecule has 0 aromatic rings. The molecule has 0 aliphatic carbocycles. The lowest BCUT2D eigenvalue weighted by atomic mass is 9.83. The Balaban J connectivity index is 1.86. The minimum atomic E-state index is -1.22. The summed E-state index contributed by atoms with van der Waals surface area (Å²) in [6.45, 7) is 4.33. The van der Waals surface area contributed by atoms with Crippen LogP contribution in [0.1, 0.15) is 12.8 Å². The molecule has 0 bridgehead atoms. The van der Waals surface area contributed by atoms with Crippen LogP contribution < -0.4 is 16.4 Å². The highest BCUT2D eigenvalue weighted by atomic mass is 16.5. The maximum Gasteiger partial charge on any atom is 0.407 e. The van der Waals surface area contributed by atoms with Crippen LogP contribution in [0.15, 0.2) is 12.4 Å². The van der Waals surface area contributed by atoms with Gasteiger partial charge in [-0.25, -0.2) is 19.3 Å². The summed E-state index contributed by atoms with van der Waals surface area (Å²) in [4.78, 5) is 49.3. The third-order valence-corrected chi connectivity index (χ3v) is 4.38. The SMILES string of the molecule is C=C(N)NCCC[C@H]1C(=O)N(C(=O)N2CC(NC(=O)OC)C2)C1C(=O)O. The van der Waals surface area contributed by atoms with E-state index in [0.717, 1.165) is 4.90 Å². The largest absolute Gasteiger partial charge is 0.480 e. The number of likely N-dealkylation sites (tertiary alicyclic amines) is 2. The van der Waals surface area contributed by atoms with E-state index in [9.17, 15) is 24.3 Å². The normalized spacial score (nSPS) is 22.1. The van der Waals surface area contributed by atoms with Gasteiger partial charge >= 0.3 is 18.1 Å². The zero-order valence-corrected chi connectivity index (χ0v) is 14.4. The third-order valence-electron chi connectivity index (χ3n) is 4.38. The molecule has 0 aromatic carbocycles. The fraction of sp³-hybridized carbons (Fsp3) is 0.600. The number of hydrogen-bond acceptors (Lipinski definition) is 7. The molecule has 144 valence electrons. The van der Waals surface area contributed by atoms with E-state index in [1.54, 1.807) is 0 Å². The molecule has 2 aliphatic rings. The van der Waals surface area contributed by atoms with Crippen molar-refractivity contribution >= 4 is 24.0 Å². The minimum absolute atomic E-state index is 0.192. The quantitative estimate of drug-likeness (QED) is 0.324. The Hall–Kier alpha value is -2.98. The summed E-state index contributed by atoms with van der Waals surface area (Å²) in [5.74, 6) is -2.17. The predicted octanol–water partition coefficient (Wildman–Crippen LogP) is -1.14. The van der Waals surface area contributed by atoms with Crippen molar-refractivity contribution in [1.82, 2.24) is 20.4 Å². The number of urea groups is 1. The van der Waals surface area contributed by atoms with Crippen LogP contribution >= 0.6 is 0 Å². The summed E-state index contributed by atoms with van der Waals surface area (Å²) in [6.07, 6.45) is 0.235. The number of β-lactam (4-membered cyclic amide) rings is 1. The van der Waals surface area contributed by atoms with Crippen molar-refractivity contribution in [2.24, 2.45) is 11.7 Å². The standard InChI is InChI=1S/C15H23N5O6/c1-8(16)17-5-3-4-10-11(13(22)23)20(12(10)21)15(25)19-6-9(7-19)18-14(24)26-2/h9-11,17H,1,3-7,16H2,2H3,(H,18,24)(H,22,23)/t10-,11?/m1/s1. The maximum atomic E-state index is 12.4. The van der Waals surface area contributed by atoms with Crippen LogP contribution in [0.25, 0.3) is 0 Å². The van der Waals surface area contributed by atoms with Crippen LogP contribution in [0, 0.1) is 5.92 Å². The molecule has 2 fully saturated rings. The van der Waals surface area contributed by atoms with Crippen LogP contribution in [-0.4, -0.2) is 77.7 Å². The molecule has 0 aromatic heterocycles. The molecule has 2 saturated heterocycles. The Morgan fingerprint density at radius 3 is 2.58 bits per heavy atom. The van der Waals surface area contributed by atoms with Crippen molar-refractivity contribution in [3.05, 3.63) is 12.4 Å². The van der Waals surface area contributed by atoms with E-state index in [1.807, 2.05) is 0 Å². The first-order valence-corrected chi connectivity index (χ1v) is 8.13. The first-order valence-electron chi connectivity index (χ1n) is 8.13. The van der Waals surface area contributed by atoms with E-state index in [1.165, 1.54) is 12.0 Å². The number of nitrogens with zero attached hydrogens (tertiary/aromatic N) is 2. The summed E-state index contributed by atoms with van der Waals surface area (Å²) in [5.41, 5.74) is 5.37. The molecule has 2 atom stereocenters. The number of nitrogens with two attached hydrogens (primary N) is 1. The van der Waals surface area contributed by atoms with Crippen molar-refractivity contribution in [3.8, 4) is 0 Å². The molecule has 11 nitrogen and oxygen atoms in total. The molecule has 4 amide bonds. The first-order chi connectivity index (χ1) is 12.3. The fourth-order valence-corrected chi connectivity index (χ4v) is 3.00. The molecule has 11 heteroatoms. The van der Waals surface area contributed by atoms with Crippen LogP contribution in [0.4, 0.5) is 9.59 Å². The van der Waals surface area contributed by atoms with Gasteiger partial charge in [0.15, 0.2) is 6.04 Å². The van der Waals surface area contributed by atoms with E-state index >= 15 is 0 Å². The lowest BCUT2D eigenvalue weighted by Gasteiger charge is -2.48. The summed E-state index contributed by atoms with van der Waals surface area (Å²) in [5, 5.41) is 14.7. The Bertz CT molecular complexity index is 618. The molecular formula is C15H23N5O6. The zero-order valence-electron chi connectivity index (χ0n) is 14.4. The molecular weight excluding hydrogens is 346 g/mol. The smallest absolute Gasteiger partial charge is 0.407 e. The second-order valence-corrected chi connectivity index (χ2v) is 6.21. The molecule has 5 N–H and O–H groups in total. The summed E-state index contributed by atoms with van der Waals surface area (Å²) < 4.78 is 4.46. The van der Waals surface area contributed by atoms with Gasteiger partial charge < -0.3 is 31.1 Å². The zero-order chi connectivity index (χ0) is 19.4. The molecule has 1 unspecified atom stereocenters. The van der Waals surface area contributed by atoms with Gasteiger partial charge in [0, 0.05) is 19.6 Å². The van der Waals surface area contributed by atoms with Gasteiger partial charge in [-0.2, -0.15) is 0 Å². The second-order valence-electron chi connectivity index (χ2n) is 6.21. The highest BCUT2D eigenvalue weighted by Crippen LogP contribution is 2.32. The van der Waals surface area contributed by atoms with Crippen LogP contribution in [-0.2, 0) is 14.3 Å². The Kier molecular flexibility index (Phi) is 5.90. The molecule has 0 radical (unpaired) electrons. The van der Waals surface area contributed by atoms with Gasteiger partial charge in [0.25, 0.3) is 0 Å². The number of alkyl carbamates (subject to hydrolysis) is 1. The average Bonchev–Trinajstić information content (AvgIpc) is 2.53. The van der Waals surface area contributed by atoms with E-state index in [2.05, 4.69) is 21.9 Å². The number of carboxylic acids is 1. The maximum absolute atomic E-state index is 12.4. The number of nitrogens with one attached hydrogen (secondary N) is 2. The van der Waals surface area contributed by atoms with E-state index < -0.39 is 36.0 Å². The van der Waals surface area contributed by atoms with Crippen LogP contribution in [0.5, 0.6) is 0 Å². The van der Waals surface area contributed by atoms with Gasteiger partial charge in [0.1, 0.15) is 0 Å². The van der Waals surface area contributed by atoms with E-state index in [4.69, 9.17) is 5.73 Å². The van der Waals surface area contributed by atoms with Crippen molar-refractivity contribution in [1.29, 1.82) is 0 Å². The van der Waals surface area contributed by atoms with Gasteiger partial charge in [-0.15, -0.1) is 0 Å². The molecule has 2 aliphatic heterocycles. The number of aliphatic carboxylic acids is 1. The summed E-state index contributed by atoms with van der Waals surface area (Å²) in [6, 6.07) is -2.11. The van der Waals surface area contributed by atoms with Crippen LogP contribution in [0.3, 0.4) is 0 Å². The lowest BCUT2D eigenvalue weighted by Crippen LogP contribution is -2.72. The number of amides is 4. The number of ether oxygens (including phenoxy) is 1. The number of carbonyl (C=O) groups excluding carboxylic acids is 3. The van der Waals surface area contributed by atoms with Gasteiger partial charge in [-0.05, 0) is 12.8 Å². The number of carbonyl (C=O) groups is 4. The lowest BCUT2D eigenvalue weighted by molar-refractivity contribution is -0.167. The van der Waals surface area contributed by atoms with E-state index in [0.29, 0.717) is 25.2 Å². The summed E-state index contributed by atoms with van der Waals surface area (Å²) in [7, 11) is 1.23. The molecule has 26 heavy (non-hydrogen) atoms. The minimum Gasteiger partial charge on any atom is -0.480 e.